The maximum Gasteiger partial charge on any atom is 0.184 e. The first-order valence-corrected chi connectivity index (χ1v) is 11.2. The van der Waals surface area contributed by atoms with Gasteiger partial charge in [-0.1, -0.05) is 75.0 Å². The van der Waals surface area contributed by atoms with Crippen LogP contribution in [0.4, 0.5) is 0 Å². The number of benzene rings is 2. The van der Waals surface area contributed by atoms with Crippen LogP contribution < -0.4 is 0 Å². The second-order valence-corrected chi connectivity index (χ2v) is 10.2. The van der Waals surface area contributed by atoms with Crippen LogP contribution >= 0.6 is 11.8 Å². The molecule has 0 aromatic heterocycles. The Bertz CT molecular complexity index is 864. The highest BCUT2D eigenvalue weighted by Crippen LogP contribution is 2.40. The summed E-state index contributed by atoms with van der Waals surface area (Å²) in [6, 6.07) is 16.0. The van der Waals surface area contributed by atoms with Crippen molar-refractivity contribution < 1.29 is 24.4 Å². The molecule has 0 spiro atoms. The molecule has 4 rings (SSSR count). The van der Waals surface area contributed by atoms with Crippen molar-refractivity contribution in [2.45, 2.75) is 74.1 Å². The third-order valence-corrected chi connectivity index (χ3v) is 7.02. The molecule has 2 aliphatic heterocycles. The largest absolute Gasteiger partial charge is 0.387 e. The van der Waals surface area contributed by atoms with E-state index in [1.807, 2.05) is 37.3 Å². The van der Waals surface area contributed by atoms with Gasteiger partial charge >= 0.3 is 0 Å². The van der Waals surface area contributed by atoms with Gasteiger partial charge in [0.05, 0.1) is 6.61 Å². The quantitative estimate of drug-likeness (QED) is 0.769. The fourth-order valence-electron chi connectivity index (χ4n) is 3.77. The van der Waals surface area contributed by atoms with Crippen molar-refractivity contribution in [3.8, 4) is 0 Å². The van der Waals surface area contributed by atoms with Gasteiger partial charge in [0.2, 0.25) is 0 Å². The SMILES string of the molecule is Cc1ccc(C(C)(C)C)cc1S[C@@H]1OC2COC(c3ccccc3)O[C@H]2[C@H](O)C1O. The fourth-order valence-corrected chi connectivity index (χ4v) is 4.97. The van der Waals surface area contributed by atoms with Gasteiger partial charge in [0.15, 0.2) is 6.29 Å². The summed E-state index contributed by atoms with van der Waals surface area (Å²) in [5.41, 5.74) is 2.63. The molecule has 6 atom stereocenters. The molecule has 30 heavy (non-hydrogen) atoms. The Morgan fingerprint density at radius 2 is 1.70 bits per heavy atom. The first-order valence-electron chi connectivity index (χ1n) is 10.4. The molecule has 2 fully saturated rings. The third-order valence-electron chi connectivity index (χ3n) is 5.70. The first kappa shape index (κ1) is 21.8. The molecule has 0 amide bonds. The first-order chi connectivity index (χ1) is 14.2. The minimum absolute atomic E-state index is 0.0250. The maximum atomic E-state index is 10.8. The number of hydrogen-bond acceptors (Lipinski definition) is 6. The summed E-state index contributed by atoms with van der Waals surface area (Å²) in [4.78, 5) is 1.04. The molecule has 2 heterocycles. The van der Waals surface area contributed by atoms with Gasteiger partial charge in [-0.3, -0.25) is 0 Å². The highest BCUT2D eigenvalue weighted by molar-refractivity contribution is 7.99. The van der Waals surface area contributed by atoms with Crippen LogP contribution in [-0.4, -0.2) is 46.7 Å². The van der Waals surface area contributed by atoms with E-state index in [2.05, 4.69) is 39.0 Å². The second kappa shape index (κ2) is 8.61. The van der Waals surface area contributed by atoms with Crippen molar-refractivity contribution >= 4 is 11.8 Å². The number of rotatable bonds is 3. The van der Waals surface area contributed by atoms with E-state index in [0.29, 0.717) is 6.61 Å². The van der Waals surface area contributed by atoms with Crippen LogP contribution in [0.25, 0.3) is 0 Å². The molecule has 3 unspecified atom stereocenters. The number of aliphatic hydroxyl groups excluding tert-OH is 2. The minimum Gasteiger partial charge on any atom is -0.387 e. The maximum absolute atomic E-state index is 10.8. The standard InChI is InChI=1S/C24H30O5S/c1-14-10-11-16(24(2,3)4)12-18(14)30-23-20(26)19(25)21-17(28-23)13-27-22(29-21)15-8-6-5-7-9-15/h5-12,17,19-23,25-26H,13H2,1-4H3/t17?,19-,20?,21-,22?,23+/m1/s1. The van der Waals surface area contributed by atoms with E-state index < -0.39 is 36.1 Å². The van der Waals surface area contributed by atoms with Crippen molar-refractivity contribution in [2.24, 2.45) is 0 Å². The lowest BCUT2D eigenvalue weighted by molar-refractivity contribution is -0.318. The van der Waals surface area contributed by atoms with E-state index in [1.165, 1.54) is 17.3 Å². The summed E-state index contributed by atoms with van der Waals surface area (Å²) in [5.74, 6) is 0. The lowest BCUT2D eigenvalue weighted by atomic mass is 9.87. The van der Waals surface area contributed by atoms with Crippen LogP contribution in [0.3, 0.4) is 0 Å². The van der Waals surface area contributed by atoms with Gasteiger partial charge in [-0.2, -0.15) is 0 Å². The van der Waals surface area contributed by atoms with Crippen molar-refractivity contribution in [3.63, 3.8) is 0 Å². The number of ether oxygens (including phenoxy) is 3. The van der Waals surface area contributed by atoms with Crippen molar-refractivity contribution in [1.82, 2.24) is 0 Å². The van der Waals surface area contributed by atoms with Gasteiger partial charge in [-0.25, -0.2) is 0 Å². The number of aliphatic hydroxyl groups is 2. The molecule has 2 aromatic rings. The molecular formula is C24H30O5S. The van der Waals surface area contributed by atoms with Crippen molar-refractivity contribution in [3.05, 3.63) is 65.2 Å². The van der Waals surface area contributed by atoms with Crippen LogP contribution in [0, 0.1) is 6.92 Å². The number of hydrogen-bond donors (Lipinski definition) is 2. The normalized spacial score (nSPS) is 31.9. The molecule has 2 saturated heterocycles. The third kappa shape index (κ3) is 4.44. The molecule has 2 N–H and O–H groups in total. The number of fused-ring (bicyclic) bond motifs is 1. The van der Waals surface area contributed by atoms with Crippen molar-refractivity contribution in [2.75, 3.05) is 6.61 Å². The summed E-state index contributed by atoms with van der Waals surface area (Å²) >= 11 is 1.44. The highest BCUT2D eigenvalue weighted by Gasteiger charge is 2.49. The molecule has 0 aliphatic carbocycles. The number of thioether (sulfide) groups is 1. The molecular weight excluding hydrogens is 400 g/mol. The van der Waals surface area contributed by atoms with Gasteiger partial charge in [-0.15, -0.1) is 0 Å². The predicted octanol–water partition coefficient (Wildman–Crippen LogP) is 3.95. The molecule has 5 nitrogen and oxygen atoms in total. The van der Waals surface area contributed by atoms with Gasteiger partial charge in [0, 0.05) is 10.5 Å². The Morgan fingerprint density at radius 1 is 0.967 bits per heavy atom. The smallest absolute Gasteiger partial charge is 0.184 e. The fraction of sp³-hybridized carbons (Fsp3) is 0.500. The van der Waals surface area contributed by atoms with E-state index in [0.717, 1.165) is 16.0 Å². The zero-order valence-electron chi connectivity index (χ0n) is 17.8. The monoisotopic (exact) mass is 430 g/mol. The molecule has 162 valence electrons. The zero-order valence-corrected chi connectivity index (χ0v) is 18.6. The lowest BCUT2D eigenvalue weighted by Gasteiger charge is -2.46. The Hall–Kier alpha value is -1.41. The average molecular weight is 431 g/mol. The summed E-state index contributed by atoms with van der Waals surface area (Å²) < 4.78 is 18.0. The predicted molar refractivity (Wildman–Crippen MR) is 116 cm³/mol. The summed E-state index contributed by atoms with van der Waals surface area (Å²) in [7, 11) is 0. The number of aryl methyl sites for hydroxylation is 1. The average Bonchev–Trinajstić information content (AvgIpc) is 2.73. The summed E-state index contributed by atoms with van der Waals surface area (Å²) in [6.45, 7) is 8.86. The van der Waals surface area contributed by atoms with Crippen LogP contribution in [0.2, 0.25) is 0 Å². The van der Waals surface area contributed by atoms with Crippen LogP contribution in [-0.2, 0) is 19.6 Å². The molecule has 0 bridgehead atoms. The second-order valence-electron chi connectivity index (χ2n) is 9.05. The Balaban J connectivity index is 1.49. The van der Waals surface area contributed by atoms with E-state index >= 15 is 0 Å². The van der Waals surface area contributed by atoms with Gasteiger partial charge < -0.3 is 24.4 Å². The summed E-state index contributed by atoms with van der Waals surface area (Å²) in [5, 5.41) is 21.6. The Labute approximate surface area is 182 Å². The van der Waals surface area contributed by atoms with Crippen LogP contribution in [0.5, 0.6) is 0 Å². The topological polar surface area (TPSA) is 68.2 Å². The Kier molecular flexibility index (Phi) is 6.26. The van der Waals surface area contributed by atoms with Crippen LogP contribution in [0.1, 0.15) is 43.8 Å². The van der Waals surface area contributed by atoms with Crippen LogP contribution in [0.15, 0.2) is 53.4 Å². The molecule has 6 heteroatoms. The summed E-state index contributed by atoms with van der Waals surface area (Å²) in [6.07, 6.45) is -3.77. The van der Waals surface area contributed by atoms with Crippen molar-refractivity contribution in [1.29, 1.82) is 0 Å². The lowest BCUT2D eigenvalue weighted by Crippen LogP contribution is -2.60. The van der Waals surface area contributed by atoms with E-state index in [9.17, 15) is 10.2 Å². The molecule has 2 aliphatic rings. The Morgan fingerprint density at radius 3 is 2.40 bits per heavy atom. The minimum atomic E-state index is -1.07. The van der Waals surface area contributed by atoms with Gasteiger partial charge in [-0.05, 0) is 29.5 Å². The molecule has 2 aromatic carbocycles. The van der Waals surface area contributed by atoms with E-state index in [4.69, 9.17) is 14.2 Å². The highest BCUT2D eigenvalue weighted by atomic mass is 32.2. The molecule has 0 saturated carbocycles. The van der Waals surface area contributed by atoms with Gasteiger partial charge in [0.25, 0.3) is 0 Å². The van der Waals surface area contributed by atoms with E-state index in [-0.39, 0.29) is 5.41 Å². The zero-order chi connectivity index (χ0) is 21.5. The van der Waals surface area contributed by atoms with E-state index in [1.54, 1.807) is 0 Å². The molecule has 0 radical (unpaired) electrons. The van der Waals surface area contributed by atoms with Gasteiger partial charge in [0.1, 0.15) is 29.9 Å².